The predicted molar refractivity (Wildman–Crippen MR) is 71.0 cm³/mol. The Morgan fingerprint density at radius 3 is 2.58 bits per heavy atom. The molecule has 106 valence electrons. The second-order valence-electron chi connectivity index (χ2n) is 4.92. The van der Waals surface area contributed by atoms with Gasteiger partial charge >= 0.3 is 5.97 Å². The fourth-order valence-electron chi connectivity index (χ4n) is 1.71. The number of amides is 1. The zero-order valence-corrected chi connectivity index (χ0v) is 11.9. The van der Waals surface area contributed by atoms with Gasteiger partial charge in [-0.15, -0.1) is 0 Å². The number of aliphatic carboxylic acids is 1. The molecule has 2 N–H and O–H groups in total. The number of rotatable bonds is 6. The molecule has 0 fully saturated rings. The topological polar surface area (TPSA) is 84.2 Å². The van der Waals surface area contributed by atoms with Crippen LogP contribution in [0.2, 0.25) is 0 Å². The molecule has 0 spiro atoms. The highest BCUT2D eigenvalue weighted by Gasteiger charge is 2.31. The van der Waals surface area contributed by atoms with Gasteiger partial charge in [-0.2, -0.15) is 5.10 Å². The predicted octanol–water partition coefficient (Wildman–Crippen LogP) is 1.21. The average Bonchev–Trinajstić information content (AvgIpc) is 2.76. The number of nitrogens with zero attached hydrogens (tertiary/aromatic N) is 2. The van der Waals surface area contributed by atoms with Crippen LogP contribution in [0.1, 0.15) is 43.2 Å². The Bertz CT molecular complexity index is 481. The lowest BCUT2D eigenvalue weighted by molar-refractivity contribution is -0.147. The summed E-state index contributed by atoms with van der Waals surface area (Å²) >= 11 is 0. The van der Waals surface area contributed by atoms with E-state index in [4.69, 9.17) is 5.11 Å². The molecule has 0 aliphatic carbocycles. The molecule has 1 amide bonds. The molecule has 6 nitrogen and oxygen atoms in total. The van der Waals surface area contributed by atoms with Gasteiger partial charge in [0, 0.05) is 19.8 Å². The minimum atomic E-state index is -0.940. The largest absolute Gasteiger partial charge is 0.481 e. The van der Waals surface area contributed by atoms with Crippen molar-refractivity contribution < 1.29 is 14.7 Å². The monoisotopic (exact) mass is 267 g/mol. The summed E-state index contributed by atoms with van der Waals surface area (Å²) in [6.07, 6.45) is 2.77. The zero-order valence-electron chi connectivity index (χ0n) is 11.9. The molecule has 1 aromatic rings. The van der Waals surface area contributed by atoms with Crippen LogP contribution in [0.25, 0.3) is 0 Å². The van der Waals surface area contributed by atoms with E-state index in [2.05, 4.69) is 10.4 Å². The van der Waals surface area contributed by atoms with E-state index >= 15 is 0 Å². The van der Waals surface area contributed by atoms with Crippen molar-refractivity contribution in [3.8, 4) is 0 Å². The van der Waals surface area contributed by atoms with Gasteiger partial charge in [0.05, 0.1) is 16.7 Å². The lowest BCUT2D eigenvalue weighted by atomic mass is 9.87. The summed E-state index contributed by atoms with van der Waals surface area (Å²) in [5.41, 5.74) is 0.284. The minimum absolute atomic E-state index is 0.107. The normalized spacial score (nSPS) is 13.9. The smallest absolute Gasteiger partial charge is 0.311 e. The summed E-state index contributed by atoms with van der Waals surface area (Å²) in [6.45, 7) is 5.45. The second kappa shape index (κ2) is 5.86. The van der Waals surface area contributed by atoms with Gasteiger partial charge < -0.3 is 10.4 Å². The molecule has 0 radical (unpaired) electrons. The molecule has 1 heterocycles. The van der Waals surface area contributed by atoms with Crippen LogP contribution >= 0.6 is 0 Å². The summed E-state index contributed by atoms with van der Waals surface area (Å²) < 4.78 is 1.59. The first kappa shape index (κ1) is 15.2. The Morgan fingerprint density at radius 1 is 1.47 bits per heavy atom. The van der Waals surface area contributed by atoms with Gasteiger partial charge in [-0.05, 0) is 19.8 Å². The lowest BCUT2D eigenvalue weighted by Gasteiger charge is -2.23. The van der Waals surface area contributed by atoms with Crippen molar-refractivity contribution in [2.75, 3.05) is 6.54 Å². The van der Waals surface area contributed by atoms with Gasteiger partial charge in [-0.1, -0.05) is 13.8 Å². The highest BCUT2D eigenvalue weighted by atomic mass is 16.4. The van der Waals surface area contributed by atoms with Crippen LogP contribution in [-0.2, 0) is 18.3 Å². The lowest BCUT2D eigenvalue weighted by Crippen LogP contribution is -2.40. The van der Waals surface area contributed by atoms with Gasteiger partial charge in [0.25, 0.3) is 5.91 Å². The van der Waals surface area contributed by atoms with E-state index in [0.29, 0.717) is 24.1 Å². The molecular formula is C13H21N3O3. The molecule has 0 aromatic carbocycles. The molecule has 0 bridgehead atoms. The number of hydrogen-bond donors (Lipinski definition) is 2. The standard InChI is InChI=1S/C13H21N3O3/c1-5-10-9(7-16(4)15-10)11(17)14-8-13(3,6-2)12(18)19/h7H,5-6,8H2,1-4H3,(H,14,17)(H,18,19). The van der Waals surface area contributed by atoms with Crippen LogP contribution in [0, 0.1) is 5.41 Å². The van der Waals surface area contributed by atoms with Crippen molar-refractivity contribution in [2.45, 2.75) is 33.6 Å². The number of aromatic nitrogens is 2. The summed E-state index contributed by atoms with van der Waals surface area (Å²) in [7, 11) is 1.75. The maximum absolute atomic E-state index is 12.1. The number of nitrogens with one attached hydrogen (secondary N) is 1. The second-order valence-corrected chi connectivity index (χ2v) is 4.92. The summed E-state index contributed by atoms with van der Waals surface area (Å²) in [5, 5.41) is 16.0. The fraction of sp³-hybridized carbons (Fsp3) is 0.615. The Balaban J connectivity index is 2.78. The van der Waals surface area contributed by atoms with E-state index in [1.165, 1.54) is 0 Å². The van der Waals surface area contributed by atoms with Crippen LogP contribution in [0.3, 0.4) is 0 Å². The number of aryl methyl sites for hydroxylation is 2. The molecule has 6 heteroatoms. The van der Waals surface area contributed by atoms with Crippen LogP contribution in [0.15, 0.2) is 6.20 Å². The molecule has 1 rings (SSSR count). The van der Waals surface area contributed by atoms with E-state index in [-0.39, 0.29) is 12.5 Å². The molecule has 19 heavy (non-hydrogen) atoms. The van der Waals surface area contributed by atoms with Crippen LogP contribution in [-0.4, -0.2) is 33.3 Å². The van der Waals surface area contributed by atoms with E-state index in [1.807, 2.05) is 6.92 Å². The van der Waals surface area contributed by atoms with E-state index in [9.17, 15) is 9.59 Å². The van der Waals surface area contributed by atoms with Crippen molar-refractivity contribution in [3.05, 3.63) is 17.5 Å². The van der Waals surface area contributed by atoms with Crippen molar-refractivity contribution in [1.29, 1.82) is 0 Å². The molecule has 1 aromatic heterocycles. The quantitative estimate of drug-likeness (QED) is 0.811. The molecular weight excluding hydrogens is 246 g/mol. The van der Waals surface area contributed by atoms with E-state index < -0.39 is 11.4 Å². The SMILES string of the molecule is CCc1nn(C)cc1C(=O)NCC(C)(CC)C(=O)O. The van der Waals surface area contributed by atoms with Crippen molar-refractivity contribution in [1.82, 2.24) is 15.1 Å². The van der Waals surface area contributed by atoms with Crippen LogP contribution in [0.5, 0.6) is 0 Å². The highest BCUT2D eigenvalue weighted by Crippen LogP contribution is 2.20. The fourth-order valence-corrected chi connectivity index (χ4v) is 1.71. The van der Waals surface area contributed by atoms with Crippen LogP contribution in [0.4, 0.5) is 0 Å². The molecule has 0 saturated carbocycles. The molecule has 0 saturated heterocycles. The summed E-state index contributed by atoms with van der Waals surface area (Å²) in [4.78, 5) is 23.2. The Morgan fingerprint density at radius 2 is 2.11 bits per heavy atom. The third-order valence-electron chi connectivity index (χ3n) is 3.42. The first-order valence-electron chi connectivity index (χ1n) is 6.38. The zero-order chi connectivity index (χ0) is 14.6. The van der Waals surface area contributed by atoms with E-state index in [1.54, 1.807) is 31.8 Å². The van der Waals surface area contributed by atoms with Gasteiger partial charge in [-0.25, -0.2) is 0 Å². The number of carboxylic acid groups (broad SMARTS) is 1. The van der Waals surface area contributed by atoms with Gasteiger partial charge in [0.2, 0.25) is 0 Å². The van der Waals surface area contributed by atoms with Gasteiger partial charge in [0.15, 0.2) is 0 Å². The van der Waals surface area contributed by atoms with Crippen LogP contribution < -0.4 is 5.32 Å². The van der Waals surface area contributed by atoms with Gasteiger partial charge in [-0.3, -0.25) is 14.3 Å². The summed E-state index contributed by atoms with van der Waals surface area (Å²) in [5.74, 6) is -1.18. The minimum Gasteiger partial charge on any atom is -0.481 e. The molecule has 0 aliphatic rings. The maximum Gasteiger partial charge on any atom is 0.311 e. The Hall–Kier alpha value is -1.85. The van der Waals surface area contributed by atoms with Crippen molar-refractivity contribution in [2.24, 2.45) is 12.5 Å². The number of hydrogen-bond acceptors (Lipinski definition) is 3. The highest BCUT2D eigenvalue weighted by molar-refractivity contribution is 5.95. The van der Waals surface area contributed by atoms with Crippen molar-refractivity contribution >= 4 is 11.9 Å². The molecule has 0 aliphatic heterocycles. The molecule has 1 unspecified atom stereocenters. The number of carboxylic acids is 1. The van der Waals surface area contributed by atoms with Crippen molar-refractivity contribution in [3.63, 3.8) is 0 Å². The number of carbonyl (C=O) groups is 2. The Labute approximate surface area is 112 Å². The van der Waals surface area contributed by atoms with E-state index in [0.717, 1.165) is 0 Å². The first-order chi connectivity index (χ1) is 8.84. The Kier molecular flexibility index (Phi) is 4.69. The summed E-state index contributed by atoms with van der Waals surface area (Å²) in [6, 6.07) is 0. The number of carbonyl (C=O) groups excluding carboxylic acids is 1. The molecule has 1 atom stereocenters. The average molecular weight is 267 g/mol. The first-order valence-corrected chi connectivity index (χ1v) is 6.38. The third kappa shape index (κ3) is 3.33. The van der Waals surface area contributed by atoms with Gasteiger partial charge in [0.1, 0.15) is 0 Å². The third-order valence-corrected chi connectivity index (χ3v) is 3.42. The maximum atomic E-state index is 12.1.